The topological polar surface area (TPSA) is 71.3 Å². The molecule has 1 N–H and O–H groups in total. The van der Waals surface area contributed by atoms with Crippen molar-refractivity contribution < 1.29 is 13.7 Å². The molecular formula is C24H27FN4O2. The van der Waals surface area contributed by atoms with Crippen LogP contribution >= 0.6 is 0 Å². The van der Waals surface area contributed by atoms with Gasteiger partial charge in [-0.25, -0.2) is 4.39 Å². The van der Waals surface area contributed by atoms with Crippen LogP contribution in [0.5, 0.6) is 0 Å². The molecule has 2 aromatic carbocycles. The monoisotopic (exact) mass is 422 g/mol. The van der Waals surface area contributed by atoms with Gasteiger partial charge in [-0.3, -0.25) is 9.69 Å². The Morgan fingerprint density at radius 1 is 1.16 bits per heavy atom. The minimum Gasteiger partial charge on any atom is -0.349 e. The summed E-state index contributed by atoms with van der Waals surface area (Å²) in [6.07, 6.45) is 1.56. The van der Waals surface area contributed by atoms with Gasteiger partial charge in [0, 0.05) is 11.5 Å². The Bertz CT molecular complexity index is 1010. The summed E-state index contributed by atoms with van der Waals surface area (Å²) in [5, 5.41) is 7.15. The van der Waals surface area contributed by atoms with Crippen LogP contribution in [0.25, 0.3) is 11.4 Å². The van der Waals surface area contributed by atoms with Crippen molar-refractivity contribution >= 4 is 5.91 Å². The van der Waals surface area contributed by atoms with Gasteiger partial charge in [-0.1, -0.05) is 47.1 Å². The number of aromatic nitrogens is 2. The summed E-state index contributed by atoms with van der Waals surface area (Å²) in [4.78, 5) is 19.4. The van der Waals surface area contributed by atoms with Crippen molar-refractivity contribution in [2.75, 3.05) is 13.1 Å². The molecule has 1 saturated heterocycles. The molecule has 2 heterocycles. The number of halogens is 1. The Hall–Kier alpha value is -3.06. The molecule has 0 spiro atoms. The lowest BCUT2D eigenvalue weighted by molar-refractivity contribution is -0.127. The highest BCUT2D eigenvalue weighted by atomic mass is 19.1. The van der Waals surface area contributed by atoms with Crippen LogP contribution in [-0.4, -0.2) is 34.0 Å². The maximum absolute atomic E-state index is 13.1. The molecule has 1 aliphatic heterocycles. The van der Waals surface area contributed by atoms with Gasteiger partial charge >= 0.3 is 0 Å². The number of carbonyl (C=O) groups excluding carboxylic acids is 1. The van der Waals surface area contributed by atoms with Gasteiger partial charge in [-0.05, 0) is 57.5 Å². The first-order valence-corrected chi connectivity index (χ1v) is 10.7. The lowest BCUT2D eigenvalue weighted by Gasteiger charge is -2.30. The molecule has 1 aliphatic rings. The van der Waals surface area contributed by atoms with E-state index in [1.165, 1.54) is 17.7 Å². The molecule has 1 atom stereocenters. The van der Waals surface area contributed by atoms with Crippen molar-refractivity contribution in [1.29, 1.82) is 0 Å². The van der Waals surface area contributed by atoms with E-state index in [-0.39, 0.29) is 23.7 Å². The molecule has 0 radical (unpaired) electrons. The summed E-state index contributed by atoms with van der Waals surface area (Å²) in [6.45, 7) is 6.13. The van der Waals surface area contributed by atoms with Crippen LogP contribution in [0.4, 0.5) is 4.39 Å². The van der Waals surface area contributed by atoms with Crippen molar-refractivity contribution in [3.05, 3.63) is 71.4 Å². The van der Waals surface area contributed by atoms with Gasteiger partial charge in [0.2, 0.25) is 17.6 Å². The molecule has 1 fully saturated rings. The molecule has 1 unspecified atom stereocenters. The zero-order chi connectivity index (χ0) is 21.8. The quantitative estimate of drug-likeness (QED) is 0.642. The van der Waals surface area contributed by atoms with Gasteiger partial charge in [-0.15, -0.1) is 0 Å². The largest absolute Gasteiger partial charge is 0.349 e. The van der Waals surface area contributed by atoms with E-state index in [9.17, 15) is 9.18 Å². The van der Waals surface area contributed by atoms with Gasteiger partial charge in [0.15, 0.2) is 0 Å². The third-order valence-corrected chi connectivity index (χ3v) is 5.82. The number of piperidine rings is 1. The summed E-state index contributed by atoms with van der Waals surface area (Å²) in [6, 6.07) is 14.1. The number of nitrogens with zero attached hydrogens (tertiary/aromatic N) is 3. The number of amides is 1. The number of benzene rings is 2. The second kappa shape index (κ2) is 9.39. The minimum atomic E-state index is -0.276. The molecule has 7 heteroatoms. The lowest BCUT2D eigenvalue weighted by Crippen LogP contribution is -2.40. The summed E-state index contributed by atoms with van der Waals surface area (Å²) >= 11 is 0. The molecule has 162 valence electrons. The number of rotatable bonds is 6. The van der Waals surface area contributed by atoms with E-state index in [1.807, 2.05) is 38.1 Å². The Labute approximate surface area is 181 Å². The van der Waals surface area contributed by atoms with Gasteiger partial charge in [-0.2, -0.15) is 4.98 Å². The summed E-state index contributed by atoms with van der Waals surface area (Å²) in [5.41, 5.74) is 3.02. The van der Waals surface area contributed by atoms with Crippen molar-refractivity contribution in [3.8, 4) is 11.4 Å². The van der Waals surface area contributed by atoms with Crippen LogP contribution < -0.4 is 5.32 Å². The maximum Gasteiger partial charge on any atom is 0.241 e. The molecule has 0 bridgehead atoms. The van der Waals surface area contributed by atoms with Gasteiger partial charge < -0.3 is 9.84 Å². The summed E-state index contributed by atoms with van der Waals surface area (Å²) < 4.78 is 18.5. The SMILES string of the molecule is Cc1ccc(-c2noc(CN3CCC(C(=O)NC(C)c4ccc(F)cc4)CC3)n2)cc1. The van der Waals surface area contributed by atoms with Crippen LogP contribution in [0.3, 0.4) is 0 Å². The molecule has 1 aromatic heterocycles. The smallest absolute Gasteiger partial charge is 0.241 e. The van der Waals surface area contributed by atoms with Gasteiger partial charge in [0.25, 0.3) is 0 Å². The minimum absolute atomic E-state index is 0.0232. The van der Waals surface area contributed by atoms with Gasteiger partial charge in [0.05, 0.1) is 12.6 Å². The summed E-state index contributed by atoms with van der Waals surface area (Å²) in [5.74, 6) is 0.935. The predicted octanol–water partition coefficient (Wildman–Crippen LogP) is 4.27. The number of likely N-dealkylation sites (tertiary alicyclic amines) is 1. The molecule has 3 aromatic rings. The average molecular weight is 423 g/mol. The maximum atomic E-state index is 13.1. The molecule has 4 rings (SSSR count). The van der Waals surface area contributed by atoms with E-state index in [0.717, 1.165) is 37.1 Å². The van der Waals surface area contributed by atoms with Crippen LogP contribution in [0.2, 0.25) is 0 Å². The Morgan fingerprint density at radius 2 is 1.84 bits per heavy atom. The molecule has 1 amide bonds. The van der Waals surface area contributed by atoms with Crippen LogP contribution in [0.1, 0.15) is 42.8 Å². The average Bonchev–Trinajstić information content (AvgIpc) is 3.23. The van der Waals surface area contributed by atoms with E-state index in [4.69, 9.17) is 4.52 Å². The number of aryl methyl sites for hydroxylation is 1. The van der Waals surface area contributed by atoms with E-state index in [2.05, 4.69) is 20.4 Å². The van der Waals surface area contributed by atoms with Crippen LogP contribution in [-0.2, 0) is 11.3 Å². The fourth-order valence-electron chi connectivity index (χ4n) is 3.85. The molecule has 0 saturated carbocycles. The van der Waals surface area contributed by atoms with Crippen molar-refractivity contribution in [3.63, 3.8) is 0 Å². The Morgan fingerprint density at radius 3 is 2.52 bits per heavy atom. The van der Waals surface area contributed by atoms with Crippen molar-refractivity contribution in [1.82, 2.24) is 20.4 Å². The van der Waals surface area contributed by atoms with E-state index in [1.54, 1.807) is 12.1 Å². The molecular weight excluding hydrogens is 395 g/mol. The Kier molecular flexibility index (Phi) is 6.42. The van der Waals surface area contributed by atoms with Gasteiger partial charge in [0.1, 0.15) is 5.82 Å². The lowest BCUT2D eigenvalue weighted by atomic mass is 9.95. The molecule has 6 nitrogen and oxygen atoms in total. The fraction of sp³-hybridized carbons (Fsp3) is 0.375. The second-order valence-electron chi connectivity index (χ2n) is 8.21. The van der Waals surface area contributed by atoms with Crippen LogP contribution in [0.15, 0.2) is 53.1 Å². The third kappa shape index (κ3) is 5.35. The van der Waals surface area contributed by atoms with E-state index >= 15 is 0 Å². The van der Waals surface area contributed by atoms with E-state index in [0.29, 0.717) is 18.3 Å². The number of hydrogen-bond donors (Lipinski definition) is 1. The highest BCUT2D eigenvalue weighted by Gasteiger charge is 2.27. The normalized spacial score (nSPS) is 16.2. The first kappa shape index (κ1) is 21.2. The van der Waals surface area contributed by atoms with Crippen molar-refractivity contribution in [2.24, 2.45) is 5.92 Å². The number of hydrogen-bond acceptors (Lipinski definition) is 5. The second-order valence-corrected chi connectivity index (χ2v) is 8.21. The molecule has 0 aliphatic carbocycles. The zero-order valence-electron chi connectivity index (χ0n) is 17.8. The number of carbonyl (C=O) groups is 1. The first-order chi connectivity index (χ1) is 15.0. The third-order valence-electron chi connectivity index (χ3n) is 5.82. The molecule has 31 heavy (non-hydrogen) atoms. The highest BCUT2D eigenvalue weighted by molar-refractivity contribution is 5.79. The van der Waals surface area contributed by atoms with Crippen LogP contribution in [0, 0.1) is 18.7 Å². The number of nitrogens with one attached hydrogen (secondary N) is 1. The standard InChI is InChI=1S/C24H27FN4O2/c1-16-3-5-19(6-4-16)23-27-22(31-28-23)15-29-13-11-20(12-14-29)24(30)26-17(2)18-7-9-21(25)10-8-18/h3-10,17,20H,11-15H2,1-2H3,(H,26,30). The highest BCUT2D eigenvalue weighted by Crippen LogP contribution is 2.22. The van der Waals surface area contributed by atoms with Crippen molar-refractivity contribution in [2.45, 2.75) is 39.3 Å². The predicted molar refractivity (Wildman–Crippen MR) is 115 cm³/mol. The zero-order valence-corrected chi connectivity index (χ0v) is 17.8. The first-order valence-electron chi connectivity index (χ1n) is 10.7. The Balaban J connectivity index is 1.26. The van der Waals surface area contributed by atoms with E-state index < -0.39 is 0 Å². The summed E-state index contributed by atoms with van der Waals surface area (Å²) in [7, 11) is 0. The fourth-order valence-corrected chi connectivity index (χ4v) is 3.85.